The third-order valence-electron chi connectivity index (χ3n) is 9.00. The Morgan fingerprint density at radius 1 is 0.521 bits per heavy atom. The molecule has 228 valence electrons. The molecule has 6 aromatic carbocycles. The summed E-state index contributed by atoms with van der Waals surface area (Å²) in [4.78, 5) is 17.1. The molecule has 8 rings (SSSR count). The van der Waals surface area contributed by atoms with E-state index in [0.29, 0.717) is 17.5 Å². The average Bonchev–Trinajstić information content (AvgIpc) is 3.15. The zero-order chi connectivity index (χ0) is 32.7. The zero-order valence-electron chi connectivity index (χ0n) is 26.6. The fourth-order valence-electron chi connectivity index (χ4n) is 6.59. The normalized spacial score (nSPS) is 12.9. The molecule has 2 heterocycles. The van der Waals surface area contributed by atoms with Crippen molar-refractivity contribution in [2.24, 2.45) is 0 Å². The molecule has 0 amide bonds. The van der Waals surface area contributed by atoms with Crippen LogP contribution in [0.4, 0.5) is 0 Å². The van der Waals surface area contributed by atoms with Crippen LogP contribution in [0.1, 0.15) is 30.5 Å². The maximum atomic E-state index is 10.1. The van der Waals surface area contributed by atoms with Gasteiger partial charge in [-0.25, -0.2) is 15.0 Å². The summed E-state index contributed by atoms with van der Waals surface area (Å²) in [6.45, 7) is 4.45. The Kier molecular flexibility index (Phi) is 7.44. The zero-order valence-corrected chi connectivity index (χ0v) is 27.4. The lowest BCUT2D eigenvalue weighted by atomic mass is 9.75. The summed E-state index contributed by atoms with van der Waals surface area (Å²) in [7, 11) is 0. The highest BCUT2D eigenvalue weighted by Crippen LogP contribution is 2.53. The third kappa shape index (κ3) is 5.27. The molecule has 0 unspecified atom stereocenters. The van der Waals surface area contributed by atoms with E-state index in [4.69, 9.17) is 15.0 Å². The maximum absolute atomic E-state index is 10.1. The second-order valence-electron chi connectivity index (χ2n) is 12.4. The van der Waals surface area contributed by atoms with Crippen molar-refractivity contribution in [1.82, 2.24) is 15.0 Å². The smallest absolute Gasteiger partial charge is 0.164 e. The van der Waals surface area contributed by atoms with Crippen LogP contribution in [-0.2, 0) is 5.41 Å². The Balaban J connectivity index is 1.22. The highest BCUT2D eigenvalue weighted by atomic mass is 32.2. The van der Waals surface area contributed by atoms with E-state index >= 15 is 0 Å². The number of fused-ring (bicyclic) bond motifs is 2. The van der Waals surface area contributed by atoms with Gasteiger partial charge in [-0.15, -0.1) is 0 Å². The summed E-state index contributed by atoms with van der Waals surface area (Å²) in [5.41, 5.74) is 9.98. The Hall–Kier alpha value is -5.83. The largest absolute Gasteiger partial charge is 0.208 e. The lowest BCUT2D eigenvalue weighted by Gasteiger charge is -2.36. The van der Waals surface area contributed by atoms with Crippen LogP contribution in [0.15, 0.2) is 155 Å². The highest BCUT2D eigenvalue weighted by molar-refractivity contribution is 7.99. The number of benzene rings is 6. The molecule has 1 aliphatic rings. The molecule has 4 nitrogen and oxygen atoms in total. The van der Waals surface area contributed by atoms with Crippen LogP contribution in [0.5, 0.6) is 0 Å². The summed E-state index contributed by atoms with van der Waals surface area (Å²) in [6.07, 6.45) is 0. The highest BCUT2D eigenvalue weighted by Gasteiger charge is 2.36. The van der Waals surface area contributed by atoms with Crippen molar-refractivity contribution in [3.63, 3.8) is 0 Å². The summed E-state index contributed by atoms with van der Waals surface area (Å²) in [5.74, 6) is 1.90. The summed E-state index contributed by atoms with van der Waals surface area (Å²) >= 11 is 1.76. The van der Waals surface area contributed by atoms with Crippen molar-refractivity contribution >= 4 is 11.8 Å². The SMILES string of the molecule is CC1(C)c2ccccc2Sc2c(-c3cccc(-c4cccc(-c5nc(-c6ccccc6)nc(-c6ccccc6)n5)c4)c3)ccc(C#N)c21. The van der Waals surface area contributed by atoms with Gasteiger partial charge in [0.15, 0.2) is 17.5 Å². The van der Waals surface area contributed by atoms with Gasteiger partial charge in [-0.05, 0) is 57.6 Å². The minimum atomic E-state index is -0.300. The lowest BCUT2D eigenvalue weighted by Crippen LogP contribution is -2.25. The number of rotatable bonds is 5. The molecule has 0 aliphatic carbocycles. The van der Waals surface area contributed by atoms with Crippen molar-refractivity contribution in [3.8, 4) is 62.5 Å². The fourth-order valence-corrected chi connectivity index (χ4v) is 8.15. The number of nitriles is 1. The molecule has 5 heteroatoms. The van der Waals surface area contributed by atoms with Crippen LogP contribution < -0.4 is 0 Å². The maximum Gasteiger partial charge on any atom is 0.164 e. The molecule has 1 aromatic heterocycles. The topological polar surface area (TPSA) is 62.5 Å². The van der Waals surface area contributed by atoms with Gasteiger partial charge in [0.1, 0.15) is 0 Å². The first-order chi connectivity index (χ1) is 23.5. The first kappa shape index (κ1) is 29.6. The number of nitrogens with zero attached hydrogens (tertiary/aromatic N) is 4. The molecule has 48 heavy (non-hydrogen) atoms. The first-order valence-corrected chi connectivity index (χ1v) is 16.7. The van der Waals surface area contributed by atoms with Gasteiger partial charge in [0.25, 0.3) is 0 Å². The van der Waals surface area contributed by atoms with Gasteiger partial charge in [0, 0.05) is 31.9 Å². The Labute approximate surface area is 284 Å². The van der Waals surface area contributed by atoms with Crippen LogP contribution in [0.25, 0.3) is 56.4 Å². The third-order valence-corrected chi connectivity index (χ3v) is 10.2. The molecule has 0 bridgehead atoms. The quantitative estimate of drug-likeness (QED) is 0.188. The second kappa shape index (κ2) is 12.1. The van der Waals surface area contributed by atoms with E-state index < -0.39 is 0 Å². The minimum Gasteiger partial charge on any atom is -0.208 e. The van der Waals surface area contributed by atoms with E-state index in [0.717, 1.165) is 55.0 Å². The molecule has 0 N–H and O–H groups in total. The van der Waals surface area contributed by atoms with Crippen LogP contribution >= 0.6 is 11.8 Å². The van der Waals surface area contributed by atoms with Gasteiger partial charge < -0.3 is 0 Å². The van der Waals surface area contributed by atoms with Crippen LogP contribution in [0.3, 0.4) is 0 Å². The average molecular weight is 635 g/mol. The van der Waals surface area contributed by atoms with Crippen LogP contribution in [0, 0.1) is 11.3 Å². The molecule has 0 atom stereocenters. The molecule has 1 aliphatic heterocycles. The molecule has 0 saturated heterocycles. The molecular formula is C43H30N4S. The Bertz CT molecular complexity index is 2300. The van der Waals surface area contributed by atoms with Gasteiger partial charge in [-0.3, -0.25) is 0 Å². The van der Waals surface area contributed by atoms with Gasteiger partial charge in [-0.1, -0.05) is 147 Å². The number of aromatic nitrogens is 3. The van der Waals surface area contributed by atoms with Gasteiger partial charge in [-0.2, -0.15) is 5.26 Å². The predicted molar refractivity (Wildman–Crippen MR) is 194 cm³/mol. The molecule has 0 spiro atoms. The summed E-state index contributed by atoms with van der Waals surface area (Å²) in [5, 5.41) is 10.1. The van der Waals surface area contributed by atoms with Crippen molar-refractivity contribution in [2.45, 2.75) is 29.1 Å². The summed E-state index contributed by atoms with van der Waals surface area (Å²) in [6, 6.07) is 52.2. The lowest BCUT2D eigenvalue weighted by molar-refractivity contribution is 0.606. The standard InChI is InChI=1S/C43H30N4S/c1-43(2)36-21-9-10-22-37(36)48-39-35(24-23-34(27-44)38(39)43)32-19-11-17-30(25-32)31-18-12-20-33(26-31)42-46-40(28-13-5-3-6-14-28)45-41(47-42)29-15-7-4-8-16-29/h3-26H,1-2H3. The molecular weight excluding hydrogens is 605 g/mol. The van der Waals surface area contributed by atoms with Crippen LogP contribution in [-0.4, -0.2) is 15.0 Å². The molecule has 0 fully saturated rings. The summed E-state index contributed by atoms with van der Waals surface area (Å²) < 4.78 is 0. The predicted octanol–water partition coefficient (Wildman–Crippen LogP) is 10.9. The van der Waals surface area contributed by atoms with Gasteiger partial charge in [0.2, 0.25) is 0 Å². The van der Waals surface area contributed by atoms with E-state index in [2.05, 4.69) is 98.8 Å². The molecule has 0 saturated carbocycles. The van der Waals surface area contributed by atoms with E-state index in [9.17, 15) is 5.26 Å². The van der Waals surface area contributed by atoms with Crippen molar-refractivity contribution < 1.29 is 0 Å². The van der Waals surface area contributed by atoms with E-state index in [1.54, 1.807) is 11.8 Å². The number of hydrogen-bond acceptors (Lipinski definition) is 5. The Morgan fingerprint density at radius 3 is 1.65 bits per heavy atom. The van der Waals surface area contributed by atoms with E-state index in [1.807, 2.05) is 66.7 Å². The Morgan fingerprint density at radius 2 is 1.02 bits per heavy atom. The molecule has 7 aromatic rings. The number of hydrogen-bond donors (Lipinski definition) is 0. The molecule has 0 radical (unpaired) electrons. The first-order valence-electron chi connectivity index (χ1n) is 15.9. The van der Waals surface area contributed by atoms with Gasteiger partial charge in [0.05, 0.1) is 11.6 Å². The monoisotopic (exact) mass is 634 g/mol. The van der Waals surface area contributed by atoms with E-state index in [1.165, 1.54) is 10.5 Å². The van der Waals surface area contributed by atoms with E-state index in [-0.39, 0.29) is 5.41 Å². The fraction of sp³-hybridized carbons (Fsp3) is 0.0698. The van der Waals surface area contributed by atoms with Gasteiger partial charge >= 0.3 is 0 Å². The second-order valence-corrected chi connectivity index (χ2v) is 13.5. The van der Waals surface area contributed by atoms with Crippen molar-refractivity contribution in [2.75, 3.05) is 0 Å². The minimum absolute atomic E-state index is 0.300. The van der Waals surface area contributed by atoms with Crippen molar-refractivity contribution in [1.29, 1.82) is 5.26 Å². The van der Waals surface area contributed by atoms with Crippen LogP contribution in [0.2, 0.25) is 0 Å². The van der Waals surface area contributed by atoms with Crippen molar-refractivity contribution in [3.05, 3.63) is 162 Å².